The second-order valence-corrected chi connectivity index (χ2v) is 7.06. The van der Waals surface area contributed by atoms with Crippen molar-refractivity contribution in [2.45, 2.75) is 61.9 Å². The molecule has 1 aliphatic carbocycles. The van der Waals surface area contributed by atoms with Crippen LogP contribution in [-0.2, 0) is 7.05 Å². The molecule has 114 valence electrons. The van der Waals surface area contributed by atoms with Crippen LogP contribution in [0, 0.1) is 6.92 Å². The van der Waals surface area contributed by atoms with Gasteiger partial charge in [-0.25, -0.2) is 0 Å². The molecule has 2 N–H and O–H groups in total. The van der Waals surface area contributed by atoms with Crippen molar-refractivity contribution in [2.24, 2.45) is 7.05 Å². The van der Waals surface area contributed by atoms with Crippen LogP contribution in [0.4, 0.5) is 0 Å². The molecule has 0 aliphatic heterocycles. The highest BCUT2D eigenvalue weighted by atomic mass is 32.2. The number of nitrogens with zero attached hydrogens (tertiary/aromatic N) is 3. The summed E-state index contributed by atoms with van der Waals surface area (Å²) in [6.07, 6.45) is 5.51. The summed E-state index contributed by atoms with van der Waals surface area (Å²) in [5.41, 5.74) is -0.0977. The summed E-state index contributed by atoms with van der Waals surface area (Å²) in [4.78, 5) is 0. The average Bonchev–Trinajstić information content (AvgIpc) is 2.77. The van der Waals surface area contributed by atoms with Gasteiger partial charge in [0.25, 0.3) is 0 Å². The van der Waals surface area contributed by atoms with Crippen LogP contribution in [0.1, 0.15) is 44.9 Å². The molecule has 0 bridgehead atoms. The molecular formula is C14H26N4OS. The Bertz CT molecular complexity index is 437. The average molecular weight is 298 g/mol. The zero-order valence-corrected chi connectivity index (χ0v) is 13.5. The maximum absolute atomic E-state index is 9.81. The summed E-state index contributed by atoms with van der Waals surface area (Å²) in [5, 5.41) is 23.2. The Hall–Kier alpha value is -0.590. The number of nitrogens with one attached hydrogen (secondary N) is 1. The molecule has 1 aliphatic rings. The van der Waals surface area contributed by atoms with Gasteiger partial charge in [0, 0.05) is 17.8 Å². The normalized spacial score (nSPS) is 26.9. The van der Waals surface area contributed by atoms with Gasteiger partial charge >= 0.3 is 0 Å². The fraction of sp³-hybridized carbons (Fsp3) is 0.857. The van der Waals surface area contributed by atoms with E-state index in [2.05, 4.69) is 22.4 Å². The lowest BCUT2D eigenvalue weighted by atomic mass is 9.82. The molecule has 1 fully saturated rings. The SMILES string of the molecule is CCCNC1(CO)CCCC(Sc2nnc(C)n2C)C1. The van der Waals surface area contributed by atoms with Gasteiger partial charge in [-0.3, -0.25) is 0 Å². The summed E-state index contributed by atoms with van der Waals surface area (Å²) in [6.45, 7) is 5.33. The number of aliphatic hydroxyl groups is 1. The first-order valence-electron chi connectivity index (χ1n) is 7.49. The van der Waals surface area contributed by atoms with Gasteiger partial charge in [-0.15, -0.1) is 10.2 Å². The Labute approximate surface area is 125 Å². The van der Waals surface area contributed by atoms with Gasteiger partial charge in [-0.05, 0) is 39.2 Å². The Morgan fingerprint density at radius 1 is 1.50 bits per heavy atom. The van der Waals surface area contributed by atoms with E-state index in [0.717, 1.165) is 43.2 Å². The standard InChI is InChI=1S/C14H26N4OS/c1-4-8-15-14(10-19)7-5-6-12(9-14)20-13-17-16-11(2)18(13)3/h12,15,19H,4-10H2,1-3H3. The van der Waals surface area contributed by atoms with E-state index in [0.29, 0.717) is 5.25 Å². The van der Waals surface area contributed by atoms with Crippen molar-refractivity contribution < 1.29 is 5.11 Å². The molecule has 2 rings (SSSR count). The summed E-state index contributed by atoms with van der Waals surface area (Å²) in [5.74, 6) is 0.945. The highest BCUT2D eigenvalue weighted by molar-refractivity contribution is 7.99. The molecule has 1 aromatic rings. The summed E-state index contributed by atoms with van der Waals surface area (Å²) in [6, 6.07) is 0. The predicted octanol–water partition coefficient (Wildman–Crippen LogP) is 1.89. The van der Waals surface area contributed by atoms with E-state index in [-0.39, 0.29) is 12.1 Å². The Morgan fingerprint density at radius 3 is 2.90 bits per heavy atom. The quantitative estimate of drug-likeness (QED) is 0.840. The zero-order valence-electron chi connectivity index (χ0n) is 12.7. The minimum absolute atomic E-state index is 0.0977. The van der Waals surface area contributed by atoms with Gasteiger partial charge in [0.1, 0.15) is 5.82 Å². The fourth-order valence-electron chi connectivity index (χ4n) is 2.80. The van der Waals surface area contributed by atoms with Crippen molar-refractivity contribution in [3.05, 3.63) is 5.82 Å². The van der Waals surface area contributed by atoms with Gasteiger partial charge in [0.05, 0.1) is 6.61 Å². The monoisotopic (exact) mass is 298 g/mol. The number of rotatable bonds is 6. The molecule has 2 unspecified atom stereocenters. The van der Waals surface area contributed by atoms with Gasteiger partial charge in [0.15, 0.2) is 5.16 Å². The van der Waals surface area contributed by atoms with E-state index in [1.54, 1.807) is 11.8 Å². The lowest BCUT2D eigenvalue weighted by molar-refractivity contribution is 0.124. The largest absolute Gasteiger partial charge is 0.394 e. The minimum Gasteiger partial charge on any atom is -0.394 e. The van der Waals surface area contributed by atoms with Crippen molar-refractivity contribution in [2.75, 3.05) is 13.2 Å². The Balaban J connectivity index is 2.00. The van der Waals surface area contributed by atoms with Crippen molar-refractivity contribution in [1.29, 1.82) is 0 Å². The molecule has 1 saturated carbocycles. The van der Waals surface area contributed by atoms with E-state index < -0.39 is 0 Å². The Morgan fingerprint density at radius 2 is 2.30 bits per heavy atom. The molecule has 6 heteroatoms. The topological polar surface area (TPSA) is 63.0 Å². The minimum atomic E-state index is -0.0977. The van der Waals surface area contributed by atoms with Crippen molar-refractivity contribution in [3.8, 4) is 0 Å². The number of aryl methyl sites for hydroxylation is 1. The van der Waals surface area contributed by atoms with Crippen LogP contribution in [0.25, 0.3) is 0 Å². The van der Waals surface area contributed by atoms with E-state index >= 15 is 0 Å². The van der Waals surface area contributed by atoms with E-state index in [9.17, 15) is 5.11 Å². The van der Waals surface area contributed by atoms with Crippen LogP contribution in [0.15, 0.2) is 5.16 Å². The van der Waals surface area contributed by atoms with Crippen molar-refractivity contribution in [3.63, 3.8) is 0 Å². The van der Waals surface area contributed by atoms with Crippen molar-refractivity contribution in [1.82, 2.24) is 20.1 Å². The molecule has 0 spiro atoms. The predicted molar refractivity (Wildman–Crippen MR) is 82.0 cm³/mol. The lowest BCUT2D eigenvalue weighted by Crippen LogP contribution is -2.52. The molecule has 1 heterocycles. The third-order valence-corrected chi connectivity index (χ3v) is 5.48. The molecule has 1 aromatic heterocycles. The highest BCUT2D eigenvalue weighted by Crippen LogP contribution is 2.37. The molecule has 0 aromatic carbocycles. The summed E-state index contributed by atoms with van der Waals surface area (Å²) in [7, 11) is 2.01. The zero-order chi connectivity index (χ0) is 14.6. The third kappa shape index (κ3) is 3.54. The van der Waals surface area contributed by atoms with E-state index in [1.165, 1.54) is 6.42 Å². The summed E-state index contributed by atoms with van der Waals surface area (Å²) < 4.78 is 2.04. The van der Waals surface area contributed by atoms with Gasteiger partial charge in [-0.2, -0.15) is 0 Å². The Kier molecular flexibility index (Phi) is 5.46. The van der Waals surface area contributed by atoms with Gasteiger partial charge < -0.3 is 15.0 Å². The van der Waals surface area contributed by atoms with Crippen LogP contribution < -0.4 is 5.32 Å². The van der Waals surface area contributed by atoms with E-state index in [1.807, 2.05) is 18.5 Å². The van der Waals surface area contributed by atoms with Crippen LogP contribution in [0.5, 0.6) is 0 Å². The summed E-state index contributed by atoms with van der Waals surface area (Å²) >= 11 is 1.80. The molecule has 0 amide bonds. The number of hydrogen-bond acceptors (Lipinski definition) is 5. The first-order chi connectivity index (χ1) is 9.60. The number of aromatic nitrogens is 3. The fourth-order valence-corrected chi connectivity index (χ4v) is 4.16. The molecule has 20 heavy (non-hydrogen) atoms. The van der Waals surface area contributed by atoms with E-state index in [4.69, 9.17) is 0 Å². The number of thioether (sulfide) groups is 1. The first kappa shape index (κ1) is 15.8. The molecule has 2 atom stereocenters. The van der Waals surface area contributed by atoms with Crippen LogP contribution in [0.2, 0.25) is 0 Å². The first-order valence-corrected chi connectivity index (χ1v) is 8.37. The van der Waals surface area contributed by atoms with Crippen LogP contribution >= 0.6 is 11.8 Å². The maximum Gasteiger partial charge on any atom is 0.191 e. The smallest absolute Gasteiger partial charge is 0.191 e. The molecular weight excluding hydrogens is 272 g/mol. The second kappa shape index (κ2) is 6.91. The molecule has 0 saturated heterocycles. The van der Waals surface area contributed by atoms with Gasteiger partial charge in [-0.1, -0.05) is 25.1 Å². The third-order valence-electron chi connectivity index (χ3n) is 4.18. The van der Waals surface area contributed by atoms with Crippen LogP contribution in [-0.4, -0.2) is 43.8 Å². The highest BCUT2D eigenvalue weighted by Gasteiger charge is 2.36. The maximum atomic E-state index is 9.81. The number of aliphatic hydroxyl groups excluding tert-OH is 1. The van der Waals surface area contributed by atoms with Gasteiger partial charge in [0.2, 0.25) is 0 Å². The number of hydrogen-bond donors (Lipinski definition) is 2. The second-order valence-electron chi connectivity index (χ2n) is 5.79. The van der Waals surface area contributed by atoms with Crippen LogP contribution in [0.3, 0.4) is 0 Å². The molecule has 0 radical (unpaired) electrons. The molecule has 5 nitrogen and oxygen atoms in total. The lowest BCUT2D eigenvalue weighted by Gasteiger charge is -2.40. The van der Waals surface area contributed by atoms with Crippen molar-refractivity contribution >= 4 is 11.8 Å².